The molecule has 0 aliphatic heterocycles. The van der Waals surface area contributed by atoms with Crippen LogP contribution in [-0.2, 0) is 9.53 Å². The molecule has 0 aliphatic rings. The molecule has 0 atom stereocenters. The molecule has 1 amide bonds. The Hall–Kier alpha value is -0.650. The lowest BCUT2D eigenvalue weighted by Crippen LogP contribution is -2.30. The van der Waals surface area contributed by atoms with E-state index >= 15 is 0 Å². The van der Waals surface area contributed by atoms with E-state index in [4.69, 9.17) is 9.84 Å². The number of aliphatic hydroxyl groups excluding tert-OH is 1. The maximum absolute atomic E-state index is 10.5. The van der Waals surface area contributed by atoms with Gasteiger partial charge in [-0.05, 0) is 7.05 Å². The molecule has 0 spiro atoms. The van der Waals surface area contributed by atoms with Crippen LogP contribution in [0.25, 0.3) is 0 Å². The zero-order chi connectivity index (χ0) is 11.2. The van der Waals surface area contributed by atoms with Crippen molar-refractivity contribution in [1.82, 2.24) is 10.6 Å². The van der Waals surface area contributed by atoms with Crippen LogP contribution in [0.15, 0.2) is 0 Å². The summed E-state index contributed by atoms with van der Waals surface area (Å²) in [6, 6.07) is 0. The Kier molecular flexibility index (Phi) is 16.8. The maximum atomic E-state index is 10.5. The fourth-order valence-electron chi connectivity index (χ4n) is 0.595. The van der Waals surface area contributed by atoms with Gasteiger partial charge in [0.05, 0.1) is 13.2 Å². The highest BCUT2D eigenvalue weighted by molar-refractivity contribution is 5.76. The summed E-state index contributed by atoms with van der Waals surface area (Å²) in [7, 11) is 1.84. The maximum Gasteiger partial charge on any atom is 0.245 e. The number of hydrogen-bond donors (Lipinski definition) is 3. The summed E-state index contributed by atoms with van der Waals surface area (Å²) in [5.41, 5.74) is 0. The van der Waals surface area contributed by atoms with Crippen molar-refractivity contribution in [3.05, 3.63) is 0 Å². The lowest BCUT2D eigenvalue weighted by Gasteiger charge is -2.04. The van der Waals surface area contributed by atoms with E-state index in [1.165, 1.54) is 0 Å². The molecule has 0 rings (SSSR count). The van der Waals surface area contributed by atoms with Gasteiger partial charge in [0.1, 0.15) is 6.61 Å². The monoisotopic (exact) mass is 206 g/mol. The van der Waals surface area contributed by atoms with Gasteiger partial charge in [-0.2, -0.15) is 0 Å². The van der Waals surface area contributed by atoms with Gasteiger partial charge >= 0.3 is 0 Å². The summed E-state index contributed by atoms with van der Waals surface area (Å²) in [5.74, 6) is -0.368. The summed E-state index contributed by atoms with van der Waals surface area (Å²) in [6.07, 6.45) is 0. The number of likely N-dealkylation sites (N-methyl/N-ethyl adjacent to an activating group) is 1. The second-order valence-corrected chi connectivity index (χ2v) is 2.22. The normalized spacial score (nSPS) is 8.86. The third kappa shape index (κ3) is 13.9. The van der Waals surface area contributed by atoms with Crippen LogP contribution in [0.3, 0.4) is 0 Å². The molecule has 86 valence electrons. The predicted octanol–water partition coefficient (Wildman–Crippen LogP) is -0.643. The molecule has 0 aromatic carbocycles. The van der Waals surface area contributed by atoms with Crippen molar-refractivity contribution in [3.8, 4) is 0 Å². The van der Waals surface area contributed by atoms with Crippen molar-refractivity contribution in [2.24, 2.45) is 0 Å². The Balaban J connectivity index is 0. The molecule has 14 heavy (non-hydrogen) atoms. The molecular weight excluding hydrogens is 184 g/mol. The van der Waals surface area contributed by atoms with Gasteiger partial charge in [0.15, 0.2) is 0 Å². The molecule has 0 aliphatic carbocycles. The molecule has 5 nitrogen and oxygen atoms in total. The first kappa shape index (κ1) is 15.8. The molecule has 5 heteroatoms. The standard InChI is InChI=1S/C7H16N2O3.C2H6/c1-8-2-4-12-5-3-9-7(11)6-10;1-2/h8,10H,2-6H2,1H3,(H,9,11);1-2H3. The Morgan fingerprint density at radius 3 is 2.36 bits per heavy atom. The third-order valence-corrected chi connectivity index (χ3v) is 1.21. The number of carbonyl (C=O) groups excluding carboxylic acids is 1. The van der Waals surface area contributed by atoms with E-state index in [0.29, 0.717) is 19.8 Å². The second-order valence-electron chi connectivity index (χ2n) is 2.22. The van der Waals surface area contributed by atoms with E-state index < -0.39 is 6.61 Å². The first-order chi connectivity index (χ1) is 6.81. The molecule has 0 saturated heterocycles. The predicted molar refractivity (Wildman–Crippen MR) is 56.2 cm³/mol. The Morgan fingerprint density at radius 2 is 1.86 bits per heavy atom. The van der Waals surface area contributed by atoms with Crippen LogP contribution in [0.2, 0.25) is 0 Å². The quantitative estimate of drug-likeness (QED) is 0.484. The lowest BCUT2D eigenvalue weighted by atomic mass is 10.6. The van der Waals surface area contributed by atoms with Gasteiger partial charge in [0.2, 0.25) is 5.91 Å². The van der Waals surface area contributed by atoms with Gasteiger partial charge in [0.25, 0.3) is 0 Å². The van der Waals surface area contributed by atoms with E-state index in [2.05, 4.69) is 10.6 Å². The summed E-state index contributed by atoms with van der Waals surface area (Å²) in [6.45, 7) is 5.90. The number of amides is 1. The van der Waals surface area contributed by atoms with Crippen LogP contribution in [0.5, 0.6) is 0 Å². The average Bonchev–Trinajstić information content (AvgIpc) is 2.25. The number of hydrogen-bond acceptors (Lipinski definition) is 4. The number of ether oxygens (including phenoxy) is 1. The molecule has 3 N–H and O–H groups in total. The molecule has 0 aromatic rings. The number of rotatable bonds is 7. The van der Waals surface area contributed by atoms with E-state index in [9.17, 15) is 4.79 Å². The van der Waals surface area contributed by atoms with E-state index in [-0.39, 0.29) is 5.91 Å². The minimum atomic E-state index is -0.462. The molecule has 0 bridgehead atoms. The highest BCUT2D eigenvalue weighted by atomic mass is 16.5. The van der Waals surface area contributed by atoms with Crippen molar-refractivity contribution in [2.45, 2.75) is 13.8 Å². The number of aliphatic hydroxyl groups is 1. The van der Waals surface area contributed by atoms with Crippen LogP contribution >= 0.6 is 0 Å². The van der Waals surface area contributed by atoms with E-state index in [1.54, 1.807) is 0 Å². The zero-order valence-electron chi connectivity index (χ0n) is 9.30. The van der Waals surface area contributed by atoms with Crippen LogP contribution < -0.4 is 10.6 Å². The van der Waals surface area contributed by atoms with E-state index in [1.807, 2.05) is 20.9 Å². The minimum Gasteiger partial charge on any atom is -0.387 e. The topological polar surface area (TPSA) is 70.6 Å². The smallest absolute Gasteiger partial charge is 0.245 e. The molecule has 0 saturated carbocycles. The van der Waals surface area contributed by atoms with Gasteiger partial charge in [-0.15, -0.1) is 0 Å². The third-order valence-electron chi connectivity index (χ3n) is 1.21. The Bertz CT molecular complexity index is 121. The van der Waals surface area contributed by atoms with Crippen molar-refractivity contribution >= 4 is 5.91 Å². The van der Waals surface area contributed by atoms with Crippen LogP contribution in [0.1, 0.15) is 13.8 Å². The largest absolute Gasteiger partial charge is 0.387 e. The number of carbonyl (C=O) groups is 1. The highest BCUT2D eigenvalue weighted by Crippen LogP contribution is 1.71. The van der Waals surface area contributed by atoms with Gasteiger partial charge in [-0.3, -0.25) is 4.79 Å². The zero-order valence-corrected chi connectivity index (χ0v) is 9.30. The second kappa shape index (κ2) is 14.9. The minimum absolute atomic E-state index is 0.368. The Labute approximate surface area is 85.8 Å². The lowest BCUT2D eigenvalue weighted by molar-refractivity contribution is -0.124. The Morgan fingerprint density at radius 1 is 1.29 bits per heavy atom. The highest BCUT2D eigenvalue weighted by Gasteiger charge is 1.95. The average molecular weight is 206 g/mol. The van der Waals surface area contributed by atoms with E-state index in [0.717, 1.165) is 6.54 Å². The van der Waals surface area contributed by atoms with Crippen molar-refractivity contribution in [3.63, 3.8) is 0 Å². The molecule has 0 heterocycles. The summed E-state index contributed by atoms with van der Waals surface area (Å²) in [5, 5.41) is 13.7. The SMILES string of the molecule is CC.CNCCOCCNC(=O)CO. The molecule has 0 fully saturated rings. The summed E-state index contributed by atoms with van der Waals surface area (Å²) >= 11 is 0. The van der Waals surface area contributed by atoms with Crippen molar-refractivity contribution in [2.75, 3.05) is 40.0 Å². The molecule has 0 radical (unpaired) electrons. The first-order valence-corrected chi connectivity index (χ1v) is 4.91. The summed E-state index contributed by atoms with van der Waals surface area (Å²) in [4.78, 5) is 10.5. The van der Waals surface area contributed by atoms with Gasteiger partial charge in [-0.1, -0.05) is 13.8 Å². The van der Waals surface area contributed by atoms with Crippen LogP contribution in [0, 0.1) is 0 Å². The van der Waals surface area contributed by atoms with Crippen LogP contribution in [-0.4, -0.2) is 51.0 Å². The van der Waals surface area contributed by atoms with Crippen molar-refractivity contribution < 1.29 is 14.6 Å². The first-order valence-electron chi connectivity index (χ1n) is 4.91. The fourth-order valence-corrected chi connectivity index (χ4v) is 0.595. The van der Waals surface area contributed by atoms with Crippen molar-refractivity contribution in [1.29, 1.82) is 0 Å². The van der Waals surface area contributed by atoms with Gasteiger partial charge in [-0.25, -0.2) is 0 Å². The molecule has 0 unspecified atom stereocenters. The summed E-state index contributed by atoms with van der Waals surface area (Å²) < 4.78 is 5.11. The van der Waals surface area contributed by atoms with Gasteiger partial charge in [0, 0.05) is 13.1 Å². The molecular formula is C9H22N2O3. The van der Waals surface area contributed by atoms with Gasteiger partial charge < -0.3 is 20.5 Å². The molecule has 0 aromatic heterocycles. The number of nitrogens with one attached hydrogen (secondary N) is 2. The van der Waals surface area contributed by atoms with Crippen LogP contribution in [0.4, 0.5) is 0 Å². The fraction of sp³-hybridized carbons (Fsp3) is 0.889.